The van der Waals surface area contributed by atoms with E-state index >= 15 is 0 Å². The molecule has 10 heteroatoms. The number of hydrogen-bond donors (Lipinski definition) is 3. The third kappa shape index (κ3) is 8.66. The Bertz CT molecular complexity index is 661. The number of guanidine groups is 1. The minimum atomic E-state index is -3.13. The second-order valence-corrected chi connectivity index (χ2v) is 8.67. The molecule has 0 radical (unpaired) electrons. The number of likely N-dealkylation sites (tertiary alicyclic amines) is 1. The van der Waals surface area contributed by atoms with E-state index in [1.165, 1.54) is 12.8 Å². The van der Waals surface area contributed by atoms with Gasteiger partial charge in [-0.3, -0.25) is 9.89 Å². The number of aliphatic imine (C=N–C) groups is 1. The molecule has 1 unspecified atom stereocenters. The second-order valence-electron chi connectivity index (χ2n) is 6.57. The zero-order valence-corrected chi connectivity index (χ0v) is 20.0. The van der Waals surface area contributed by atoms with Crippen molar-refractivity contribution in [3.8, 4) is 0 Å². The Labute approximate surface area is 186 Å². The maximum Gasteiger partial charge on any atom is 0.211 e. The number of furan rings is 1. The van der Waals surface area contributed by atoms with E-state index in [4.69, 9.17) is 9.41 Å². The van der Waals surface area contributed by atoms with Crippen molar-refractivity contribution < 1.29 is 12.8 Å². The lowest BCUT2D eigenvalue weighted by molar-refractivity contribution is 0.221. The molecule has 0 amide bonds. The van der Waals surface area contributed by atoms with Crippen LogP contribution in [-0.2, 0) is 10.0 Å². The van der Waals surface area contributed by atoms with Gasteiger partial charge in [0, 0.05) is 19.6 Å². The van der Waals surface area contributed by atoms with Gasteiger partial charge >= 0.3 is 0 Å². The molecule has 28 heavy (non-hydrogen) atoms. The summed E-state index contributed by atoms with van der Waals surface area (Å²) in [7, 11) is -3.13. The Hall–Kier alpha value is -0.850. The summed E-state index contributed by atoms with van der Waals surface area (Å²) in [6.07, 6.45) is 4.83. The van der Waals surface area contributed by atoms with E-state index in [1.54, 1.807) is 13.2 Å². The average Bonchev–Trinajstić information content (AvgIpc) is 3.36. The predicted molar refractivity (Wildman–Crippen MR) is 124 cm³/mol. The average molecular weight is 527 g/mol. The van der Waals surface area contributed by atoms with Crippen LogP contribution >= 0.6 is 24.0 Å². The largest absolute Gasteiger partial charge is 0.468 e. The van der Waals surface area contributed by atoms with Crippen LogP contribution in [0.1, 0.15) is 44.9 Å². The second kappa shape index (κ2) is 13.4. The van der Waals surface area contributed by atoms with E-state index in [1.807, 2.05) is 19.1 Å². The van der Waals surface area contributed by atoms with E-state index in [2.05, 4.69) is 20.3 Å². The van der Waals surface area contributed by atoms with Gasteiger partial charge in [0.1, 0.15) is 5.76 Å². The van der Waals surface area contributed by atoms with Gasteiger partial charge in [-0.05, 0) is 58.3 Å². The lowest BCUT2D eigenvalue weighted by Crippen LogP contribution is -2.39. The third-order valence-corrected chi connectivity index (χ3v) is 5.97. The van der Waals surface area contributed by atoms with Crippen molar-refractivity contribution in [1.29, 1.82) is 0 Å². The van der Waals surface area contributed by atoms with Crippen LogP contribution in [0.25, 0.3) is 0 Å². The smallest absolute Gasteiger partial charge is 0.211 e. The summed E-state index contributed by atoms with van der Waals surface area (Å²) < 4.78 is 31.1. The molecule has 1 fully saturated rings. The molecule has 0 bridgehead atoms. The summed E-state index contributed by atoms with van der Waals surface area (Å²) in [5.41, 5.74) is 0. The van der Waals surface area contributed by atoms with Crippen molar-refractivity contribution in [1.82, 2.24) is 20.3 Å². The Morgan fingerprint density at radius 1 is 1.25 bits per heavy atom. The highest BCUT2D eigenvalue weighted by atomic mass is 127. The first kappa shape index (κ1) is 25.2. The molecule has 1 aromatic rings. The topological polar surface area (TPSA) is 99.0 Å². The maximum atomic E-state index is 11.4. The molecule has 0 saturated carbocycles. The molecule has 1 saturated heterocycles. The first-order chi connectivity index (χ1) is 13.1. The molecule has 0 aliphatic carbocycles. The van der Waals surface area contributed by atoms with Crippen LogP contribution in [0.3, 0.4) is 0 Å². The molecule has 1 aromatic heterocycles. The molecule has 162 valence electrons. The lowest BCUT2D eigenvalue weighted by atomic mass is 10.2. The summed E-state index contributed by atoms with van der Waals surface area (Å²) in [5, 5.41) is 6.51. The van der Waals surface area contributed by atoms with E-state index in [-0.39, 0.29) is 35.8 Å². The summed E-state index contributed by atoms with van der Waals surface area (Å²) in [5.74, 6) is 1.80. The van der Waals surface area contributed by atoms with Gasteiger partial charge in [-0.2, -0.15) is 0 Å². The highest BCUT2D eigenvalue weighted by Crippen LogP contribution is 2.25. The van der Waals surface area contributed by atoms with Gasteiger partial charge in [-0.1, -0.05) is 0 Å². The third-order valence-electron chi connectivity index (χ3n) is 4.57. The highest BCUT2D eigenvalue weighted by Gasteiger charge is 2.25. The van der Waals surface area contributed by atoms with Crippen molar-refractivity contribution in [2.24, 2.45) is 4.99 Å². The summed E-state index contributed by atoms with van der Waals surface area (Å²) in [6, 6.07) is 4.08. The number of rotatable bonds is 11. The maximum absolute atomic E-state index is 11.4. The zero-order chi connectivity index (χ0) is 19.5. The molecular weight excluding hydrogens is 493 g/mol. The number of halogens is 1. The fourth-order valence-electron chi connectivity index (χ4n) is 3.06. The van der Waals surface area contributed by atoms with Gasteiger partial charge in [0.15, 0.2) is 5.96 Å². The molecule has 1 atom stereocenters. The Morgan fingerprint density at radius 3 is 2.61 bits per heavy atom. The van der Waals surface area contributed by atoms with Crippen LogP contribution < -0.4 is 15.4 Å². The van der Waals surface area contributed by atoms with Gasteiger partial charge in [0.25, 0.3) is 0 Å². The van der Waals surface area contributed by atoms with Gasteiger partial charge in [-0.25, -0.2) is 13.1 Å². The van der Waals surface area contributed by atoms with Gasteiger partial charge in [-0.15, -0.1) is 24.0 Å². The Balaban J connectivity index is 0.00000392. The van der Waals surface area contributed by atoms with Crippen LogP contribution in [0, 0.1) is 0 Å². The van der Waals surface area contributed by atoms with Crippen LogP contribution in [0.15, 0.2) is 27.8 Å². The fraction of sp³-hybridized carbons (Fsp3) is 0.722. The van der Waals surface area contributed by atoms with E-state index in [0.717, 1.165) is 31.4 Å². The molecular formula is C18H34IN5O3S. The summed E-state index contributed by atoms with van der Waals surface area (Å²) >= 11 is 0. The van der Waals surface area contributed by atoms with Crippen LogP contribution in [0.4, 0.5) is 0 Å². The first-order valence-corrected chi connectivity index (χ1v) is 11.5. The van der Waals surface area contributed by atoms with E-state index in [0.29, 0.717) is 26.1 Å². The van der Waals surface area contributed by atoms with Crippen LogP contribution in [0.5, 0.6) is 0 Å². The van der Waals surface area contributed by atoms with E-state index < -0.39 is 10.0 Å². The molecule has 0 aromatic carbocycles. The first-order valence-electron chi connectivity index (χ1n) is 9.82. The number of hydrogen-bond acceptors (Lipinski definition) is 5. The predicted octanol–water partition coefficient (Wildman–Crippen LogP) is 1.92. The highest BCUT2D eigenvalue weighted by molar-refractivity contribution is 14.0. The molecule has 3 N–H and O–H groups in total. The van der Waals surface area contributed by atoms with Gasteiger partial charge in [0.05, 0.1) is 24.6 Å². The quantitative estimate of drug-likeness (QED) is 0.176. The Kier molecular flexibility index (Phi) is 12.0. The van der Waals surface area contributed by atoms with Crippen LogP contribution in [-0.4, -0.2) is 64.3 Å². The van der Waals surface area contributed by atoms with Crippen LogP contribution in [0.2, 0.25) is 0 Å². The number of nitrogens with one attached hydrogen (secondary N) is 3. The normalized spacial score (nSPS) is 16.6. The number of sulfonamides is 1. The van der Waals surface area contributed by atoms with E-state index in [9.17, 15) is 8.42 Å². The Morgan fingerprint density at radius 2 is 2.00 bits per heavy atom. The van der Waals surface area contributed by atoms with Crippen molar-refractivity contribution in [2.75, 3.05) is 45.0 Å². The SMILES string of the molecule is CCNC(=NCC(c1ccco1)N1CCCC1)NCCCNS(=O)(=O)CC.I. The van der Waals surface area contributed by atoms with Gasteiger partial charge < -0.3 is 15.1 Å². The lowest BCUT2D eigenvalue weighted by Gasteiger charge is -2.24. The minimum absolute atomic E-state index is 0. The monoisotopic (exact) mass is 527 g/mol. The molecule has 1 aliphatic rings. The van der Waals surface area contributed by atoms with Crippen molar-refractivity contribution in [3.05, 3.63) is 24.2 Å². The van der Waals surface area contributed by atoms with Crippen molar-refractivity contribution in [2.45, 2.75) is 39.2 Å². The molecule has 0 spiro atoms. The fourth-order valence-corrected chi connectivity index (χ4v) is 3.72. The molecule has 2 rings (SSSR count). The van der Waals surface area contributed by atoms with Crippen molar-refractivity contribution >= 4 is 40.0 Å². The number of nitrogens with zero attached hydrogens (tertiary/aromatic N) is 2. The minimum Gasteiger partial charge on any atom is -0.468 e. The van der Waals surface area contributed by atoms with Crippen molar-refractivity contribution in [3.63, 3.8) is 0 Å². The summed E-state index contributed by atoms with van der Waals surface area (Å²) in [4.78, 5) is 7.15. The molecule has 8 nitrogen and oxygen atoms in total. The molecule has 1 aliphatic heterocycles. The zero-order valence-electron chi connectivity index (χ0n) is 16.8. The molecule has 2 heterocycles. The standard InChI is InChI=1S/C18H33N5O3S.HI/c1-3-19-18(20-10-8-11-22-27(24,25)4-2)21-15-16(17-9-7-14-26-17)23-12-5-6-13-23;/h7,9,14,16,22H,3-6,8,10-13,15H2,1-2H3,(H2,19,20,21);1H. The summed E-state index contributed by atoms with van der Waals surface area (Å²) in [6.45, 7) is 8.25. The van der Waals surface area contributed by atoms with Gasteiger partial charge in [0.2, 0.25) is 10.0 Å².